The molecule has 3 aromatic heterocycles. The molecule has 0 spiro atoms. The molecule has 0 fully saturated rings. The van der Waals surface area contributed by atoms with Crippen LogP contribution in [0.1, 0.15) is 23.2 Å². The van der Waals surface area contributed by atoms with E-state index in [2.05, 4.69) is 68.7 Å². The van der Waals surface area contributed by atoms with Gasteiger partial charge in [0.05, 0.1) is 39.7 Å². The number of nitrogens with zero attached hydrogens (tertiary/aromatic N) is 6. The van der Waals surface area contributed by atoms with Gasteiger partial charge in [-0.3, -0.25) is 14.4 Å². The van der Waals surface area contributed by atoms with Crippen molar-refractivity contribution in [3.05, 3.63) is 238 Å². The van der Waals surface area contributed by atoms with E-state index in [4.69, 9.17) is 10.1 Å². The van der Waals surface area contributed by atoms with Gasteiger partial charge in [0.15, 0.2) is 28.3 Å². The first-order chi connectivity index (χ1) is 33.5. The Kier molecular flexibility index (Phi) is 9.04. The molecule has 68 heavy (non-hydrogen) atoms. The summed E-state index contributed by atoms with van der Waals surface area (Å²) in [5.41, 5.74) is 10.7. The van der Waals surface area contributed by atoms with Crippen molar-refractivity contribution in [3.8, 4) is 34.2 Å². The second-order valence-corrected chi connectivity index (χ2v) is 17.5. The lowest BCUT2D eigenvalue weighted by Gasteiger charge is -2.43. The summed E-state index contributed by atoms with van der Waals surface area (Å²) in [7, 11) is 0. The van der Waals surface area contributed by atoms with Gasteiger partial charge in [-0.2, -0.15) is 0 Å². The number of hydrogen-bond acceptors (Lipinski definition) is 6. The van der Waals surface area contributed by atoms with Crippen LogP contribution in [0.2, 0.25) is 0 Å². The topological polar surface area (TPSA) is 95.0 Å². The molecule has 2 aliphatic carbocycles. The van der Waals surface area contributed by atoms with Crippen LogP contribution in [0.4, 0.5) is 5.69 Å². The van der Waals surface area contributed by atoms with Crippen molar-refractivity contribution in [2.45, 2.75) is 18.9 Å². The molecule has 0 bridgehead atoms. The van der Waals surface area contributed by atoms with E-state index in [9.17, 15) is 14.4 Å². The van der Waals surface area contributed by atoms with E-state index in [1.165, 1.54) is 0 Å². The van der Waals surface area contributed by atoms with Crippen LogP contribution >= 0.6 is 0 Å². The van der Waals surface area contributed by atoms with Gasteiger partial charge in [0, 0.05) is 61.0 Å². The summed E-state index contributed by atoms with van der Waals surface area (Å²) < 4.78 is 6.25. The zero-order valence-corrected chi connectivity index (χ0v) is 36.6. The van der Waals surface area contributed by atoms with Gasteiger partial charge in [0.2, 0.25) is 0 Å². The monoisotopic (exact) mass is 880 g/mol. The van der Waals surface area contributed by atoms with E-state index < -0.39 is 0 Å². The number of para-hydroxylation sites is 5. The third-order valence-electron chi connectivity index (χ3n) is 13.8. The molecule has 9 nitrogen and oxygen atoms in total. The average molecular weight is 881 g/mol. The molecule has 1 unspecified atom stereocenters. The highest BCUT2D eigenvalue weighted by molar-refractivity contribution is 6.07. The summed E-state index contributed by atoms with van der Waals surface area (Å²) in [6.45, 7) is 0. The van der Waals surface area contributed by atoms with Crippen molar-refractivity contribution in [2.75, 3.05) is 4.90 Å². The number of ketones is 1. The largest absolute Gasteiger partial charge is 0.337 e. The fraction of sp³-hybridized carbons (Fsp3) is 0.0678. The molecule has 324 valence electrons. The fourth-order valence-corrected chi connectivity index (χ4v) is 10.5. The van der Waals surface area contributed by atoms with Gasteiger partial charge in [-0.25, -0.2) is 9.67 Å². The van der Waals surface area contributed by atoms with Crippen molar-refractivity contribution >= 4 is 60.8 Å². The highest BCUT2D eigenvalue weighted by Gasteiger charge is 2.40. The lowest BCUT2D eigenvalue weighted by molar-refractivity contribution is 0.0929. The molecular formula is C59H40N6O3. The summed E-state index contributed by atoms with van der Waals surface area (Å²) in [6.07, 6.45) is 13.9. The van der Waals surface area contributed by atoms with Crippen LogP contribution in [0.5, 0.6) is 0 Å². The Bertz CT molecular complexity index is 3880. The Morgan fingerprint density at radius 1 is 0.471 bits per heavy atom. The number of carbonyl (C=O) groups excluding carboxylic acids is 1. The zero-order chi connectivity index (χ0) is 45.5. The smallest absolute Gasteiger partial charge is 0.197 e. The second-order valence-electron chi connectivity index (χ2n) is 17.5. The molecule has 9 heteroatoms. The number of hydrogen-bond donors (Lipinski definition) is 0. The van der Waals surface area contributed by atoms with Crippen LogP contribution < -0.4 is 15.8 Å². The third-order valence-corrected chi connectivity index (χ3v) is 13.8. The van der Waals surface area contributed by atoms with E-state index in [-0.39, 0.29) is 28.6 Å². The molecule has 7 aromatic carbocycles. The number of fused-ring (bicyclic) bond motifs is 6. The van der Waals surface area contributed by atoms with Crippen molar-refractivity contribution < 1.29 is 4.79 Å². The molecule has 0 saturated carbocycles. The minimum absolute atomic E-state index is 0.0150. The first-order valence-corrected chi connectivity index (χ1v) is 22.9. The summed E-state index contributed by atoms with van der Waals surface area (Å²) in [6, 6.07) is 55.3. The molecule has 1 aliphatic heterocycles. The normalized spacial score (nSPS) is 16.6. The molecule has 3 aliphatic rings. The lowest BCUT2D eigenvalue weighted by atomic mass is 9.81. The van der Waals surface area contributed by atoms with Crippen LogP contribution in [0, 0.1) is 5.92 Å². The Morgan fingerprint density at radius 2 is 0.941 bits per heavy atom. The summed E-state index contributed by atoms with van der Waals surface area (Å²) in [5, 5.41) is 7.91. The quantitative estimate of drug-likeness (QED) is 0.154. The molecule has 0 amide bonds. The number of rotatable bonds is 6. The van der Waals surface area contributed by atoms with Gasteiger partial charge in [-0.1, -0.05) is 85.0 Å². The van der Waals surface area contributed by atoms with E-state index in [0.717, 1.165) is 73.6 Å². The predicted molar refractivity (Wildman–Crippen MR) is 273 cm³/mol. The zero-order valence-electron chi connectivity index (χ0n) is 36.6. The maximum atomic E-state index is 13.7. The van der Waals surface area contributed by atoms with Crippen molar-refractivity contribution in [2.24, 2.45) is 5.92 Å². The molecular weight excluding hydrogens is 841 g/mol. The predicted octanol–water partition coefficient (Wildman–Crippen LogP) is 11.9. The molecule has 13 rings (SSSR count). The number of allylic oxidation sites excluding steroid dienone is 6. The maximum Gasteiger partial charge on any atom is 0.197 e. The lowest BCUT2D eigenvalue weighted by Crippen LogP contribution is -2.47. The number of carbonyl (C=O) groups is 1. The summed E-state index contributed by atoms with van der Waals surface area (Å²) >= 11 is 0. The van der Waals surface area contributed by atoms with Gasteiger partial charge >= 0.3 is 0 Å². The number of Topliss-reactive ketones (excluding diaryl/α,β-unsaturated/α-hetero) is 1. The Balaban J connectivity index is 0.932. The van der Waals surface area contributed by atoms with Crippen LogP contribution in [0.15, 0.2) is 222 Å². The molecule has 4 heterocycles. The molecule has 0 radical (unpaired) electrons. The van der Waals surface area contributed by atoms with Gasteiger partial charge in [0.1, 0.15) is 0 Å². The Hall–Kier alpha value is -8.95. The van der Waals surface area contributed by atoms with Gasteiger partial charge in [0.25, 0.3) is 0 Å². The van der Waals surface area contributed by atoms with E-state index in [1.807, 2.05) is 156 Å². The first kappa shape index (κ1) is 39.4. The standard InChI is InChI=1S/C59H40N6O3/c66-55-43-13-1-7-19-49(43)62(50-20-8-2-14-44(50)55)39-29-25-37(26-30-39)58-60-59(38-27-31-40(32-28-38)63-51-21-9-3-15-45(51)56(67)46-16-4-10-22-52(46)63)65(61-58)42-35-33-41(34-36-42)64-53-23-11-5-17-47(53)57(68)48-18-6-12-24-54(48)64/h1-33,35,47,53H,34,36H2/t47?,53-/m1/s1. The molecule has 10 aromatic rings. The van der Waals surface area contributed by atoms with Crippen LogP contribution in [-0.4, -0.2) is 35.7 Å². The summed E-state index contributed by atoms with van der Waals surface area (Å²) in [5.74, 6) is 1.16. The van der Waals surface area contributed by atoms with E-state index >= 15 is 0 Å². The summed E-state index contributed by atoms with van der Waals surface area (Å²) in [4.78, 5) is 48.4. The SMILES string of the molecule is O=C1c2ccccc2N(C2=CC=C(n3nc(-c4ccc(-n5c6ccccc6c(=O)c6ccccc65)cc4)nc3-c3ccc(-n4c5ccccc5c(=O)c5ccccc54)cc3)CC2)[C@@H]2C=CC=CC12. The highest BCUT2D eigenvalue weighted by atomic mass is 16.1. The maximum absolute atomic E-state index is 13.7. The molecule has 0 N–H and O–H groups in total. The van der Waals surface area contributed by atoms with E-state index in [1.54, 1.807) is 0 Å². The minimum atomic E-state index is -0.255. The number of pyridine rings is 2. The fourth-order valence-electron chi connectivity index (χ4n) is 10.5. The van der Waals surface area contributed by atoms with Gasteiger partial charge in [-0.05, 0) is 134 Å². The van der Waals surface area contributed by atoms with Gasteiger partial charge in [-0.15, -0.1) is 5.10 Å². The first-order valence-electron chi connectivity index (χ1n) is 22.9. The Morgan fingerprint density at radius 3 is 1.49 bits per heavy atom. The molecule has 0 saturated heterocycles. The van der Waals surface area contributed by atoms with Crippen LogP contribution in [0.25, 0.3) is 83.5 Å². The van der Waals surface area contributed by atoms with Crippen LogP contribution in [-0.2, 0) is 0 Å². The highest BCUT2D eigenvalue weighted by Crippen LogP contribution is 2.42. The van der Waals surface area contributed by atoms with Gasteiger partial charge < -0.3 is 14.0 Å². The Labute approximate surface area is 389 Å². The van der Waals surface area contributed by atoms with Crippen molar-refractivity contribution in [3.63, 3.8) is 0 Å². The van der Waals surface area contributed by atoms with E-state index in [0.29, 0.717) is 39.6 Å². The number of anilines is 1. The number of benzene rings is 7. The average Bonchev–Trinajstić information content (AvgIpc) is 3.85. The minimum Gasteiger partial charge on any atom is -0.337 e. The van der Waals surface area contributed by atoms with Crippen molar-refractivity contribution in [1.82, 2.24) is 23.9 Å². The second kappa shape index (κ2) is 15.6. The third kappa shape index (κ3) is 6.13. The van der Waals surface area contributed by atoms with Crippen LogP contribution in [0.3, 0.4) is 0 Å². The number of aromatic nitrogens is 5. The molecule has 2 atom stereocenters. The van der Waals surface area contributed by atoms with Crippen molar-refractivity contribution in [1.29, 1.82) is 0 Å².